The number of nitrogens with zero attached hydrogens (tertiary/aromatic N) is 1. The van der Waals surface area contributed by atoms with E-state index in [2.05, 4.69) is 4.90 Å². The first-order valence-corrected chi connectivity index (χ1v) is 6.21. The molecule has 2 fully saturated rings. The van der Waals surface area contributed by atoms with Gasteiger partial charge in [0.15, 0.2) is 0 Å². The predicted molar refractivity (Wildman–Crippen MR) is 60.2 cm³/mol. The van der Waals surface area contributed by atoms with Crippen LogP contribution >= 0.6 is 0 Å². The topological polar surface area (TPSA) is 38.8 Å². The van der Waals surface area contributed by atoms with Crippen LogP contribution in [0.15, 0.2) is 0 Å². The van der Waals surface area contributed by atoms with E-state index >= 15 is 0 Å². The normalized spacial score (nSPS) is 32.3. The van der Waals surface area contributed by atoms with E-state index < -0.39 is 0 Å². The van der Waals surface area contributed by atoms with Crippen LogP contribution in [0.3, 0.4) is 0 Å². The molecule has 4 nitrogen and oxygen atoms in total. The molecule has 1 saturated heterocycles. The molecule has 0 atom stereocenters. The Morgan fingerprint density at radius 3 is 2.38 bits per heavy atom. The summed E-state index contributed by atoms with van der Waals surface area (Å²) in [6, 6.07) is 0.657. The third-order valence-corrected chi connectivity index (χ3v) is 3.79. The molecule has 1 saturated carbocycles. The van der Waals surface area contributed by atoms with E-state index in [1.807, 2.05) is 0 Å². The lowest BCUT2D eigenvalue weighted by molar-refractivity contribution is -0.147. The molecule has 1 heterocycles. The van der Waals surface area contributed by atoms with Crippen molar-refractivity contribution in [2.75, 3.05) is 33.4 Å². The van der Waals surface area contributed by atoms with Crippen molar-refractivity contribution in [3.8, 4) is 0 Å². The summed E-state index contributed by atoms with van der Waals surface area (Å²) in [5.41, 5.74) is 0. The second-order valence-electron chi connectivity index (χ2n) is 4.68. The van der Waals surface area contributed by atoms with Crippen molar-refractivity contribution >= 4 is 5.97 Å². The highest BCUT2D eigenvalue weighted by molar-refractivity contribution is 5.72. The minimum absolute atomic E-state index is 0.0274. The zero-order chi connectivity index (χ0) is 11.4. The Morgan fingerprint density at radius 2 is 1.81 bits per heavy atom. The number of methoxy groups -OCH3 is 1. The lowest BCUT2D eigenvalue weighted by Crippen LogP contribution is -2.45. The fraction of sp³-hybridized carbons (Fsp3) is 0.917. The first-order chi connectivity index (χ1) is 7.81. The van der Waals surface area contributed by atoms with Crippen LogP contribution in [0.1, 0.15) is 25.7 Å². The average Bonchev–Trinajstić information content (AvgIpc) is 2.39. The Bertz CT molecular complexity index is 230. The molecule has 1 aliphatic carbocycles. The molecule has 0 aromatic heterocycles. The first-order valence-electron chi connectivity index (χ1n) is 6.21. The molecule has 0 amide bonds. The highest BCUT2D eigenvalue weighted by Crippen LogP contribution is 2.28. The number of hydrogen-bond acceptors (Lipinski definition) is 4. The van der Waals surface area contributed by atoms with E-state index in [0.29, 0.717) is 6.04 Å². The zero-order valence-corrected chi connectivity index (χ0v) is 9.98. The number of morpholine rings is 1. The molecule has 2 aliphatic rings. The van der Waals surface area contributed by atoms with Gasteiger partial charge < -0.3 is 9.47 Å². The quantitative estimate of drug-likeness (QED) is 0.661. The van der Waals surface area contributed by atoms with E-state index in [-0.39, 0.29) is 11.9 Å². The van der Waals surface area contributed by atoms with Gasteiger partial charge in [0.25, 0.3) is 0 Å². The summed E-state index contributed by atoms with van der Waals surface area (Å²) in [4.78, 5) is 13.9. The molecule has 92 valence electrons. The van der Waals surface area contributed by atoms with E-state index in [1.165, 1.54) is 7.11 Å². The number of carbonyl (C=O) groups excluding carboxylic acids is 1. The Kier molecular flexibility index (Phi) is 4.18. The summed E-state index contributed by atoms with van der Waals surface area (Å²) in [7, 11) is 1.48. The van der Waals surface area contributed by atoms with Crippen LogP contribution in [0.5, 0.6) is 0 Å². The van der Waals surface area contributed by atoms with Crippen LogP contribution in [0.4, 0.5) is 0 Å². The minimum Gasteiger partial charge on any atom is -0.469 e. The van der Waals surface area contributed by atoms with Gasteiger partial charge in [0.1, 0.15) is 0 Å². The van der Waals surface area contributed by atoms with Crippen molar-refractivity contribution in [2.45, 2.75) is 31.7 Å². The fourth-order valence-corrected chi connectivity index (χ4v) is 2.79. The fourth-order valence-electron chi connectivity index (χ4n) is 2.79. The predicted octanol–water partition coefficient (Wildman–Crippen LogP) is 1.05. The Morgan fingerprint density at radius 1 is 1.19 bits per heavy atom. The second kappa shape index (κ2) is 5.64. The van der Waals surface area contributed by atoms with Gasteiger partial charge in [0.05, 0.1) is 26.2 Å². The summed E-state index contributed by atoms with van der Waals surface area (Å²) in [5.74, 6) is 0.114. The van der Waals surface area contributed by atoms with E-state index in [0.717, 1.165) is 52.0 Å². The van der Waals surface area contributed by atoms with Gasteiger partial charge in [-0.05, 0) is 25.7 Å². The van der Waals surface area contributed by atoms with Gasteiger partial charge in [-0.25, -0.2) is 0 Å². The summed E-state index contributed by atoms with van der Waals surface area (Å²) in [6.45, 7) is 3.81. The summed E-state index contributed by atoms with van der Waals surface area (Å²) in [6.07, 6.45) is 4.21. The summed E-state index contributed by atoms with van der Waals surface area (Å²) >= 11 is 0. The molecule has 0 radical (unpaired) electrons. The molecular weight excluding hydrogens is 206 g/mol. The number of rotatable bonds is 2. The largest absolute Gasteiger partial charge is 0.469 e. The molecule has 0 N–H and O–H groups in total. The highest BCUT2D eigenvalue weighted by Gasteiger charge is 2.30. The molecule has 0 unspecified atom stereocenters. The van der Waals surface area contributed by atoms with Crippen molar-refractivity contribution in [2.24, 2.45) is 5.92 Å². The summed E-state index contributed by atoms with van der Waals surface area (Å²) in [5, 5.41) is 0. The van der Waals surface area contributed by atoms with Crippen LogP contribution in [0, 0.1) is 5.92 Å². The average molecular weight is 227 g/mol. The van der Waals surface area contributed by atoms with Crippen molar-refractivity contribution in [3.05, 3.63) is 0 Å². The van der Waals surface area contributed by atoms with Crippen molar-refractivity contribution in [3.63, 3.8) is 0 Å². The van der Waals surface area contributed by atoms with Crippen molar-refractivity contribution < 1.29 is 14.3 Å². The SMILES string of the molecule is COC(=O)C1CCC(N2CCOCC2)CC1. The maximum absolute atomic E-state index is 11.4. The second-order valence-corrected chi connectivity index (χ2v) is 4.68. The molecular formula is C12H21NO3. The van der Waals surface area contributed by atoms with Crippen molar-refractivity contribution in [1.29, 1.82) is 0 Å². The molecule has 0 spiro atoms. The molecule has 0 aromatic rings. The minimum atomic E-state index is -0.0274. The smallest absolute Gasteiger partial charge is 0.308 e. The summed E-state index contributed by atoms with van der Waals surface area (Å²) < 4.78 is 10.1. The Labute approximate surface area is 96.9 Å². The number of hydrogen-bond donors (Lipinski definition) is 0. The van der Waals surface area contributed by atoms with E-state index in [4.69, 9.17) is 9.47 Å². The standard InChI is InChI=1S/C12H21NO3/c1-15-12(14)10-2-4-11(5-3-10)13-6-8-16-9-7-13/h10-11H,2-9H2,1H3. The van der Waals surface area contributed by atoms with Crippen LogP contribution in [-0.4, -0.2) is 50.3 Å². The van der Waals surface area contributed by atoms with Gasteiger partial charge in [-0.1, -0.05) is 0 Å². The Hall–Kier alpha value is -0.610. The van der Waals surface area contributed by atoms with E-state index in [1.54, 1.807) is 0 Å². The van der Waals surface area contributed by atoms with Crippen LogP contribution in [0.2, 0.25) is 0 Å². The Balaban J connectivity index is 1.78. The van der Waals surface area contributed by atoms with Gasteiger partial charge >= 0.3 is 5.97 Å². The van der Waals surface area contributed by atoms with E-state index in [9.17, 15) is 4.79 Å². The van der Waals surface area contributed by atoms with Gasteiger partial charge in [-0.15, -0.1) is 0 Å². The van der Waals surface area contributed by atoms with Gasteiger partial charge in [0, 0.05) is 19.1 Å². The molecule has 0 bridgehead atoms. The van der Waals surface area contributed by atoms with Crippen LogP contribution in [-0.2, 0) is 14.3 Å². The maximum atomic E-state index is 11.4. The van der Waals surface area contributed by atoms with Gasteiger partial charge in [0.2, 0.25) is 0 Å². The van der Waals surface area contributed by atoms with Crippen LogP contribution < -0.4 is 0 Å². The highest BCUT2D eigenvalue weighted by atomic mass is 16.5. The third kappa shape index (κ3) is 2.74. The number of carbonyl (C=O) groups is 1. The first kappa shape index (κ1) is 11.9. The lowest BCUT2D eigenvalue weighted by atomic mass is 9.85. The number of esters is 1. The monoisotopic (exact) mass is 227 g/mol. The number of ether oxygens (including phenoxy) is 2. The molecule has 0 aromatic carbocycles. The van der Waals surface area contributed by atoms with Crippen LogP contribution in [0.25, 0.3) is 0 Å². The third-order valence-electron chi connectivity index (χ3n) is 3.79. The molecule has 1 aliphatic heterocycles. The zero-order valence-electron chi connectivity index (χ0n) is 9.98. The van der Waals surface area contributed by atoms with Gasteiger partial charge in [-0.2, -0.15) is 0 Å². The van der Waals surface area contributed by atoms with Crippen molar-refractivity contribution in [1.82, 2.24) is 4.90 Å². The van der Waals surface area contributed by atoms with Gasteiger partial charge in [-0.3, -0.25) is 9.69 Å². The molecule has 16 heavy (non-hydrogen) atoms. The maximum Gasteiger partial charge on any atom is 0.308 e. The molecule has 4 heteroatoms. The molecule has 2 rings (SSSR count). The lowest BCUT2D eigenvalue weighted by Gasteiger charge is -2.38.